The molecule has 0 radical (unpaired) electrons. The largest absolute Gasteiger partial charge is 0.325 e. The number of halogens is 1. The fraction of sp³-hybridized carbons (Fsp3) is 0.417. The third-order valence-corrected chi connectivity index (χ3v) is 4.59. The maximum Gasteiger partial charge on any atom is 0.242 e. The third kappa shape index (κ3) is 3.47. The van der Waals surface area contributed by atoms with Crippen molar-refractivity contribution >= 4 is 39.3 Å². The molecule has 0 saturated carbocycles. The van der Waals surface area contributed by atoms with Gasteiger partial charge in [0.05, 0.1) is 6.04 Å². The van der Waals surface area contributed by atoms with Gasteiger partial charge >= 0.3 is 0 Å². The molecule has 1 aromatic carbocycles. The summed E-state index contributed by atoms with van der Waals surface area (Å²) in [7, 11) is 0. The van der Waals surface area contributed by atoms with Gasteiger partial charge in [0.25, 0.3) is 0 Å². The van der Waals surface area contributed by atoms with Crippen molar-refractivity contribution in [3.63, 3.8) is 0 Å². The van der Waals surface area contributed by atoms with E-state index in [1.165, 1.54) is 0 Å². The molecule has 0 aromatic heterocycles. The summed E-state index contributed by atoms with van der Waals surface area (Å²) in [6.45, 7) is 2.93. The monoisotopic (exact) mass is 314 g/mol. The SMILES string of the molecule is Cc1ccc(NC(=O)C2CSCCN2)cc1Br. The van der Waals surface area contributed by atoms with Crippen LogP contribution in [0.5, 0.6) is 0 Å². The first-order valence-electron chi connectivity index (χ1n) is 5.55. The Balaban J connectivity index is 1.99. The van der Waals surface area contributed by atoms with Crippen LogP contribution in [-0.2, 0) is 4.79 Å². The summed E-state index contributed by atoms with van der Waals surface area (Å²) in [5.74, 6) is 1.98. The summed E-state index contributed by atoms with van der Waals surface area (Å²) in [6.07, 6.45) is 0. The van der Waals surface area contributed by atoms with Gasteiger partial charge in [-0.15, -0.1) is 0 Å². The van der Waals surface area contributed by atoms with Gasteiger partial charge in [-0.2, -0.15) is 11.8 Å². The van der Waals surface area contributed by atoms with Crippen LogP contribution >= 0.6 is 27.7 Å². The van der Waals surface area contributed by atoms with Crippen molar-refractivity contribution < 1.29 is 4.79 Å². The zero-order valence-electron chi connectivity index (χ0n) is 9.63. The van der Waals surface area contributed by atoms with Crippen LogP contribution in [0.2, 0.25) is 0 Å². The fourth-order valence-electron chi connectivity index (χ4n) is 1.63. The molecule has 1 aliphatic rings. The first kappa shape index (κ1) is 12.9. The Labute approximate surface area is 114 Å². The van der Waals surface area contributed by atoms with Crippen molar-refractivity contribution in [3.05, 3.63) is 28.2 Å². The van der Waals surface area contributed by atoms with Gasteiger partial charge < -0.3 is 10.6 Å². The minimum absolute atomic E-state index is 0.0490. The predicted molar refractivity (Wildman–Crippen MR) is 76.6 cm³/mol. The summed E-state index contributed by atoms with van der Waals surface area (Å²) >= 11 is 5.28. The van der Waals surface area contributed by atoms with Crippen LogP contribution in [0.3, 0.4) is 0 Å². The highest BCUT2D eigenvalue weighted by atomic mass is 79.9. The Morgan fingerprint density at radius 2 is 2.41 bits per heavy atom. The highest BCUT2D eigenvalue weighted by Crippen LogP contribution is 2.21. The molecule has 5 heteroatoms. The number of amides is 1. The van der Waals surface area contributed by atoms with E-state index in [1.807, 2.05) is 36.9 Å². The Morgan fingerprint density at radius 1 is 1.59 bits per heavy atom. The first-order valence-corrected chi connectivity index (χ1v) is 7.50. The lowest BCUT2D eigenvalue weighted by Crippen LogP contribution is -2.46. The zero-order chi connectivity index (χ0) is 12.3. The number of hydrogen-bond donors (Lipinski definition) is 2. The predicted octanol–water partition coefficient (Wildman–Crippen LogP) is 2.40. The van der Waals surface area contributed by atoms with Gasteiger partial charge in [0.15, 0.2) is 0 Å². The van der Waals surface area contributed by atoms with Crippen LogP contribution in [0, 0.1) is 6.92 Å². The van der Waals surface area contributed by atoms with E-state index in [4.69, 9.17) is 0 Å². The van der Waals surface area contributed by atoms with E-state index < -0.39 is 0 Å². The third-order valence-electron chi connectivity index (χ3n) is 2.68. The summed E-state index contributed by atoms with van der Waals surface area (Å²) in [6, 6.07) is 5.77. The smallest absolute Gasteiger partial charge is 0.242 e. The van der Waals surface area contributed by atoms with E-state index in [9.17, 15) is 4.79 Å². The van der Waals surface area contributed by atoms with E-state index in [2.05, 4.69) is 26.6 Å². The number of anilines is 1. The van der Waals surface area contributed by atoms with E-state index in [0.29, 0.717) is 0 Å². The van der Waals surface area contributed by atoms with Crippen LogP contribution in [0.15, 0.2) is 22.7 Å². The Bertz CT molecular complexity index is 419. The molecule has 0 spiro atoms. The summed E-state index contributed by atoms with van der Waals surface area (Å²) in [4.78, 5) is 12.0. The lowest BCUT2D eigenvalue weighted by atomic mass is 10.2. The number of carbonyl (C=O) groups is 1. The van der Waals surface area contributed by atoms with Gasteiger partial charge in [-0.1, -0.05) is 22.0 Å². The van der Waals surface area contributed by atoms with Crippen molar-refractivity contribution in [1.82, 2.24) is 5.32 Å². The maximum absolute atomic E-state index is 12.0. The molecule has 1 aromatic rings. The normalized spacial score (nSPS) is 20.0. The first-order chi connectivity index (χ1) is 8.16. The average Bonchev–Trinajstić information content (AvgIpc) is 2.35. The number of benzene rings is 1. The molecule has 0 bridgehead atoms. The van der Waals surface area contributed by atoms with Gasteiger partial charge in [0.2, 0.25) is 5.91 Å². The molecule has 1 atom stereocenters. The zero-order valence-corrected chi connectivity index (χ0v) is 12.0. The molecule has 92 valence electrons. The number of carbonyl (C=O) groups excluding carboxylic acids is 1. The lowest BCUT2D eigenvalue weighted by molar-refractivity contribution is -0.117. The van der Waals surface area contributed by atoms with Crippen molar-refractivity contribution in [2.75, 3.05) is 23.4 Å². The molecule has 0 aliphatic carbocycles. The molecular formula is C12H15BrN2OS. The number of nitrogens with one attached hydrogen (secondary N) is 2. The molecule has 17 heavy (non-hydrogen) atoms. The van der Waals surface area contributed by atoms with Crippen LogP contribution in [0.4, 0.5) is 5.69 Å². The van der Waals surface area contributed by atoms with Crippen molar-refractivity contribution in [2.24, 2.45) is 0 Å². The van der Waals surface area contributed by atoms with Crippen molar-refractivity contribution in [3.8, 4) is 0 Å². The number of aryl methyl sites for hydroxylation is 1. The molecule has 1 aliphatic heterocycles. The molecule has 2 N–H and O–H groups in total. The van der Waals surface area contributed by atoms with Crippen molar-refractivity contribution in [1.29, 1.82) is 0 Å². The van der Waals surface area contributed by atoms with Gasteiger partial charge in [0, 0.05) is 28.2 Å². The van der Waals surface area contributed by atoms with Crippen LogP contribution < -0.4 is 10.6 Å². The van der Waals surface area contributed by atoms with E-state index in [1.54, 1.807) is 0 Å². The topological polar surface area (TPSA) is 41.1 Å². The molecule has 1 amide bonds. The maximum atomic E-state index is 12.0. The number of hydrogen-bond acceptors (Lipinski definition) is 3. The van der Waals surface area contributed by atoms with Crippen LogP contribution in [0.1, 0.15) is 5.56 Å². The average molecular weight is 315 g/mol. The Morgan fingerprint density at radius 3 is 3.06 bits per heavy atom. The van der Waals surface area contributed by atoms with Gasteiger partial charge in [-0.05, 0) is 24.6 Å². The molecule has 1 fully saturated rings. The highest BCUT2D eigenvalue weighted by molar-refractivity contribution is 9.10. The van der Waals surface area contributed by atoms with Gasteiger partial charge in [0.1, 0.15) is 0 Å². The second-order valence-corrected chi connectivity index (χ2v) is 6.04. The quantitative estimate of drug-likeness (QED) is 0.880. The molecule has 3 nitrogen and oxygen atoms in total. The van der Waals surface area contributed by atoms with E-state index in [0.717, 1.165) is 33.8 Å². The molecule has 1 saturated heterocycles. The Kier molecular flexibility index (Phi) is 4.48. The van der Waals surface area contributed by atoms with Gasteiger partial charge in [-0.3, -0.25) is 4.79 Å². The van der Waals surface area contributed by atoms with Crippen LogP contribution in [-0.4, -0.2) is 30.0 Å². The summed E-state index contributed by atoms with van der Waals surface area (Å²) in [5.41, 5.74) is 2.00. The number of rotatable bonds is 2. The standard InChI is InChI=1S/C12H15BrN2OS/c1-8-2-3-9(6-10(8)13)15-12(16)11-7-17-5-4-14-11/h2-3,6,11,14H,4-5,7H2,1H3,(H,15,16). The lowest BCUT2D eigenvalue weighted by Gasteiger charge is -2.22. The highest BCUT2D eigenvalue weighted by Gasteiger charge is 2.20. The fourth-order valence-corrected chi connectivity index (χ4v) is 2.95. The molecular weight excluding hydrogens is 300 g/mol. The van der Waals surface area contributed by atoms with Crippen molar-refractivity contribution in [2.45, 2.75) is 13.0 Å². The molecule has 1 heterocycles. The van der Waals surface area contributed by atoms with Gasteiger partial charge in [-0.25, -0.2) is 0 Å². The number of thioether (sulfide) groups is 1. The van der Waals surface area contributed by atoms with E-state index >= 15 is 0 Å². The summed E-state index contributed by atoms with van der Waals surface area (Å²) in [5, 5.41) is 6.16. The molecule has 2 rings (SSSR count). The minimum atomic E-state index is -0.0752. The molecule has 1 unspecified atom stereocenters. The second-order valence-electron chi connectivity index (χ2n) is 4.03. The van der Waals surface area contributed by atoms with E-state index in [-0.39, 0.29) is 11.9 Å². The minimum Gasteiger partial charge on any atom is -0.325 e. The second kappa shape index (κ2) is 5.89. The van der Waals surface area contributed by atoms with Crippen LogP contribution in [0.25, 0.3) is 0 Å². The Hall–Kier alpha value is -0.520. The summed E-state index contributed by atoms with van der Waals surface area (Å²) < 4.78 is 1.02.